The normalized spacial score (nSPS) is 38.7. The predicted octanol–water partition coefficient (Wildman–Crippen LogP) is 0.744. The molecule has 0 aromatic rings. The monoisotopic (exact) mass is 175 g/mol. The van der Waals surface area contributed by atoms with Crippen LogP contribution in [0.25, 0.3) is 0 Å². The van der Waals surface area contributed by atoms with Crippen molar-refractivity contribution < 1.29 is 10.8 Å². The van der Waals surface area contributed by atoms with Crippen LogP contribution in [-0.4, -0.2) is 38.7 Å². The highest BCUT2D eigenvalue weighted by Crippen LogP contribution is 2.23. The smallest absolute Gasteiger partial charge is 0.146 e. The van der Waals surface area contributed by atoms with Gasteiger partial charge in [-0.2, -0.15) is 0 Å². The van der Waals surface area contributed by atoms with Crippen LogP contribution >= 0.6 is 9.24 Å². The first-order valence-electron chi connectivity index (χ1n) is 4.58. The van der Waals surface area contributed by atoms with Crippen LogP contribution < -0.4 is 0 Å². The van der Waals surface area contributed by atoms with Crippen LogP contribution in [0, 0.1) is 0 Å². The minimum atomic E-state index is 0.0334. The molecule has 1 heterocycles. The van der Waals surface area contributed by atoms with Crippen molar-refractivity contribution in [3.63, 3.8) is 0 Å². The van der Waals surface area contributed by atoms with Crippen molar-refractivity contribution >= 4 is 16.5 Å². The number of methoxy groups -OCH3 is 1. The lowest BCUT2D eigenvalue weighted by Crippen LogP contribution is -2.24. The van der Waals surface area contributed by atoms with Gasteiger partial charge in [0.25, 0.3) is 0 Å². The third-order valence-corrected chi connectivity index (χ3v) is 2.51. The van der Waals surface area contributed by atoms with Gasteiger partial charge in [-0.3, -0.25) is 0 Å². The first-order chi connectivity index (χ1) is 5.81. The molecule has 1 fully saturated rings. The Morgan fingerprint density at radius 3 is 3.27 bits per heavy atom. The molecule has 0 aromatic heterocycles. The fraction of sp³-hybridized carbons (Fsp3) is 1.00. The topological polar surface area (TPSA) is 18.5 Å². The van der Waals surface area contributed by atoms with Gasteiger partial charge in [0.1, 0.15) is 7.28 Å². The van der Waals surface area contributed by atoms with Gasteiger partial charge in [-0.05, 0) is 12.6 Å². The molecular weight excluding hydrogens is 158 g/mol. The molecule has 1 rings (SSSR count). The van der Waals surface area contributed by atoms with Gasteiger partial charge >= 0.3 is 0 Å². The van der Waals surface area contributed by atoms with E-state index in [0.29, 0.717) is 0 Å². The molecule has 0 amide bonds. The second-order valence-corrected chi connectivity index (χ2v) is 3.19. The fourth-order valence-electron chi connectivity index (χ4n) is 1.35. The van der Waals surface area contributed by atoms with E-state index in [-0.39, 0.29) is 25.3 Å². The average molecular weight is 175 g/mol. The lowest BCUT2D eigenvalue weighted by molar-refractivity contribution is 0.0232. The Morgan fingerprint density at radius 1 is 1.91 bits per heavy atom. The van der Waals surface area contributed by atoms with Crippen LogP contribution in [0.5, 0.6) is 0 Å². The van der Waals surface area contributed by atoms with Gasteiger partial charge in [0.15, 0.2) is 0 Å². The summed E-state index contributed by atoms with van der Waals surface area (Å²) in [4.78, 5) is 0. The molecular formula is C7H15BO2P. The third-order valence-electron chi connectivity index (χ3n) is 2.05. The van der Waals surface area contributed by atoms with E-state index < -0.39 is 0 Å². The van der Waals surface area contributed by atoms with E-state index in [9.17, 15) is 0 Å². The Balaban J connectivity index is 2.39. The molecule has 0 aromatic carbocycles. The molecule has 11 heavy (non-hydrogen) atoms. The fourth-order valence-corrected chi connectivity index (χ4v) is 1.76. The van der Waals surface area contributed by atoms with E-state index in [0.717, 1.165) is 12.6 Å². The zero-order valence-corrected chi connectivity index (χ0v) is 7.98. The molecule has 1 radical (unpaired) electrons. The van der Waals surface area contributed by atoms with Gasteiger partial charge < -0.3 is 9.47 Å². The molecule has 1 aliphatic heterocycles. The maximum atomic E-state index is 6.96. The highest BCUT2D eigenvalue weighted by molar-refractivity contribution is 7.16. The second-order valence-electron chi connectivity index (χ2n) is 2.72. The maximum Gasteiger partial charge on any atom is 0.146 e. The quantitative estimate of drug-likeness (QED) is 0.465. The highest BCUT2D eigenvalue weighted by atomic mass is 31.0. The Labute approximate surface area is 72.9 Å². The van der Waals surface area contributed by atoms with Crippen molar-refractivity contribution in [2.75, 3.05) is 13.2 Å². The molecule has 0 saturated carbocycles. The Morgan fingerprint density at radius 2 is 2.73 bits per heavy atom. The van der Waals surface area contributed by atoms with Crippen molar-refractivity contribution in [1.29, 1.82) is 0 Å². The van der Waals surface area contributed by atoms with Crippen LogP contribution in [0.4, 0.5) is 0 Å². The van der Waals surface area contributed by atoms with E-state index >= 15 is 0 Å². The Kier molecular flexibility index (Phi) is 3.24. The van der Waals surface area contributed by atoms with Crippen molar-refractivity contribution in [3.05, 3.63) is 0 Å². The van der Waals surface area contributed by atoms with Crippen molar-refractivity contribution in [1.82, 2.24) is 0 Å². The Hall–Kier alpha value is 0.415. The molecule has 4 atom stereocenters. The van der Waals surface area contributed by atoms with Gasteiger partial charge in [-0.1, -0.05) is 6.82 Å². The highest BCUT2D eigenvalue weighted by Gasteiger charge is 2.32. The average Bonchev–Trinajstić information content (AvgIpc) is 2.48. The van der Waals surface area contributed by atoms with E-state index in [2.05, 4.69) is 9.24 Å². The molecule has 0 spiro atoms. The van der Waals surface area contributed by atoms with Gasteiger partial charge in [-0.25, -0.2) is 0 Å². The molecule has 63 valence electrons. The van der Waals surface area contributed by atoms with E-state index in [1.54, 1.807) is 0 Å². The third kappa shape index (κ3) is 2.17. The van der Waals surface area contributed by atoms with Crippen LogP contribution in [0.3, 0.4) is 0 Å². The largest absolute Gasteiger partial charge is 0.381 e. The summed E-state index contributed by atoms with van der Waals surface area (Å²) < 4.78 is 17.8. The predicted molar refractivity (Wildman–Crippen MR) is 50.3 cm³/mol. The van der Waals surface area contributed by atoms with Crippen LogP contribution in [0.15, 0.2) is 0 Å². The first-order valence-corrected chi connectivity index (χ1v) is 4.69. The standard InChI is InChI=1S/C7H15BO2P/c1-8-7-3-5(9-2)6(4-11)10-7/h5-7H,3-4,11H2,1-2H3/t5?,6-,7-/m1/s1/i2T. The molecule has 0 aliphatic carbocycles. The number of hydrogen-bond donors (Lipinski definition) is 0. The Bertz CT molecular complexity index is 139. The number of hydrogen-bond acceptors (Lipinski definition) is 2. The zero-order valence-electron chi connectivity index (χ0n) is 7.82. The first kappa shape index (κ1) is 8.03. The summed E-state index contributed by atoms with van der Waals surface area (Å²) in [5.41, 5.74) is 0. The van der Waals surface area contributed by atoms with Gasteiger partial charge in [0.2, 0.25) is 0 Å². The van der Waals surface area contributed by atoms with Gasteiger partial charge in [0.05, 0.1) is 13.6 Å². The summed E-state index contributed by atoms with van der Waals surface area (Å²) >= 11 is 0. The SMILES string of the molecule is [3H]COC1C[C@H]([B]C)O[C@@H]1CP. The maximum absolute atomic E-state index is 6.96. The van der Waals surface area contributed by atoms with Gasteiger partial charge in [-0.15, -0.1) is 9.24 Å². The lowest BCUT2D eigenvalue weighted by Gasteiger charge is -2.14. The number of ether oxygens (including phenoxy) is 2. The molecule has 0 N–H and O–H groups in total. The molecule has 1 aliphatic rings. The van der Waals surface area contributed by atoms with Crippen LogP contribution in [0.1, 0.15) is 7.79 Å². The van der Waals surface area contributed by atoms with Crippen molar-refractivity contribution in [3.8, 4) is 0 Å². The summed E-state index contributed by atoms with van der Waals surface area (Å²) in [6.45, 7) is 1.99. The van der Waals surface area contributed by atoms with E-state index in [1.165, 1.54) is 0 Å². The van der Waals surface area contributed by atoms with Crippen molar-refractivity contribution in [2.45, 2.75) is 31.5 Å². The molecule has 1 saturated heterocycles. The number of rotatable bonds is 3. The molecule has 0 bridgehead atoms. The van der Waals surface area contributed by atoms with Crippen LogP contribution in [-0.2, 0) is 9.47 Å². The van der Waals surface area contributed by atoms with Crippen molar-refractivity contribution in [2.24, 2.45) is 0 Å². The second kappa shape index (κ2) is 4.44. The van der Waals surface area contributed by atoms with E-state index in [1.807, 2.05) is 14.1 Å². The summed E-state index contributed by atoms with van der Waals surface area (Å²) in [5, 5.41) is 0. The van der Waals surface area contributed by atoms with Crippen LogP contribution in [0.2, 0.25) is 6.82 Å². The minimum absolute atomic E-state index is 0.0334. The summed E-state index contributed by atoms with van der Waals surface area (Å²) in [7, 11) is 4.73. The molecule has 2 nitrogen and oxygen atoms in total. The molecule has 4 heteroatoms. The minimum Gasteiger partial charge on any atom is -0.381 e. The van der Waals surface area contributed by atoms with E-state index in [4.69, 9.17) is 10.8 Å². The molecule has 2 unspecified atom stereocenters. The lowest BCUT2D eigenvalue weighted by atomic mass is 9.73. The zero-order chi connectivity index (χ0) is 8.97. The summed E-state index contributed by atoms with van der Waals surface area (Å²) in [6.07, 6.45) is 2.05. The summed E-state index contributed by atoms with van der Waals surface area (Å²) in [6, 6.07) is 0.215. The summed E-state index contributed by atoms with van der Waals surface area (Å²) in [5.74, 6) is 0. The van der Waals surface area contributed by atoms with Gasteiger partial charge in [0, 0.05) is 13.1 Å².